The fourth-order valence-electron chi connectivity index (χ4n) is 1.86. The molecule has 1 fully saturated rings. The van der Waals surface area contributed by atoms with Crippen molar-refractivity contribution in [1.82, 2.24) is 15.5 Å². The molecule has 0 aromatic carbocycles. The first-order valence-electron chi connectivity index (χ1n) is 7.55. The van der Waals surface area contributed by atoms with Gasteiger partial charge in [0.15, 0.2) is 5.96 Å². The van der Waals surface area contributed by atoms with Crippen LogP contribution < -0.4 is 10.6 Å². The molecule has 0 radical (unpaired) electrons. The van der Waals surface area contributed by atoms with Gasteiger partial charge in [0.2, 0.25) is 5.91 Å². The number of likely N-dealkylation sites (N-methyl/N-ethyl adjacent to an activating group) is 1. The molecule has 130 valence electrons. The zero-order valence-electron chi connectivity index (χ0n) is 13.8. The van der Waals surface area contributed by atoms with Crippen LogP contribution in [0.15, 0.2) is 4.99 Å². The van der Waals surface area contributed by atoms with Crippen LogP contribution in [0.1, 0.15) is 19.8 Å². The molecule has 0 bridgehead atoms. The summed E-state index contributed by atoms with van der Waals surface area (Å²) >= 11 is 0. The van der Waals surface area contributed by atoms with E-state index in [1.165, 1.54) is 4.90 Å². The summed E-state index contributed by atoms with van der Waals surface area (Å²) < 4.78 is 10.8. The molecule has 8 heteroatoms. The van der Waals surface area contributed by atoms with Crippen LogP contribution in [0.2, 0.25) is 0 Å². The second-order valence-electron chi connectivity index (χ2n) is 5.09. The van der Waals surface area contributed by atoms with Crippen molar-refractivity contribution in [2.75, 3.05) is 53.6 Å². The number of carbonyl (C=O) groups is 1. The number of hydrogen-bond donors (Lipinski definition) is 2. The number of carbonyl (C=O) groups excluding carboxylic acids is 1. The molecule has 1 rings (SSSR count). The molecule has 0 saturated carbocycles. The van der Waals surface area contributed by atoms with E-state index in [2.05, 4.69) is 15.6 Å². The number of rotatable bonds is 8. The normalized spacial score (nSPS) is 17.8. The van der Waals surface area contributed by atoms with Crippen LogP contribution in [0.3, 0.4) is 0 Å². The first-order chi connectivity index (χ1) is 10.1. The van der Waals surface area contributed by atoms with Gasteiger partial charge in [-0.15, -0.1) is 24.0 Å². The molecule has 1 aliphatic rings. The van der Waals surface area contributed by atoms with Crippen molar-refractivity contribution in [3.8, 4) is 0 Å². The van der Waals surface area contributed by atoms with Gasteiger partial charge in [0.25, 0.3) is 0 Å². The van der Waals surface area contributed by atoms with Crippen LogP contribution in [-0.4, -0.2) is 76.4 Å². The van der Waals surface area contributed by atoms with Gasteiger partial charge in [-0.3, -0.25) is 4.79 Å². The van der Waals surface area contributed by atoms with E-state index < -0.39 is 0 Å². The molecular formula is C14H29IN4O3. The zero-order chi connectivity index (χ0) is 15.5. The van der Waals surface area contributed by atoms with Gasteiger partial charge in [-0.1, -0.05) is 0 Å². The van der Waals surface area contributed by atoms with E-state index in [4.69, 9.17) is 9.47 Å². The lowest BCUT2D eigenvalue weighted by Crippen LogP contribution is -2.43. The minimum absolute atomic E-state index is 0. The lowest BCUT2D eigenvalue weighted by Gasteiger charge is -2.16. The topological polar surface area (TPSA) is 75.2 Å². The van der Waals surface area contributed by atoms with Gasteiger partial charge in [-0.25, -0.2) is 4.99 Å². The number of nitrogens with one attached hydrogen (secondary N) is 2. The highest BCUT2D eigenvalue weighted by molar-refractivity contribution is 14.0. The van der Waals surface area contributed by atoms with E-state index in [9.17, 15) is 4.79 Å². The average molecular weight is 428 g/mol. The van der Waals surface area contributed by atoms with Crippen molar-refractivity contribution in [3.63, 3.8) is 0 Å². The van der Waals surface area contributed by atoms with Gasteiger partial charge < -0.3 is 25.0 Å². The molecule has 1 unspecified atom stereocenters. The Balaban J connectivity index is 0.00000441. The summed E-state index contributed by atoms with van der Waals surface area (Å²) in [7, 11) is 3.44. The molecular weight excluding hydrogens is 399 g/mol. The van der Waals surface area contributed by atoms with Gasteiger partial charge in [-0.05, 0) is 19.8 Å². The highest BCUT2D eigenvalue weighted by Gasteiger charge is 2.15. The third-order valence-electron chi connectivity index (χ3n) is 3.14. The molecule has 1 atom stereocenters. The Morgan fingerprint density at radius 1 is 1.41 bits per heavy atom. The van der Waals surface area contributed by atoms with Crippen LogP contribution in [0.25, 0.3) is 0 Å². The molecule has 2 N–H and O–H groups in total. The number of halogens is 1. The third kappa shape index (κ3) is 9.42. The maximum atomic E-state index is 11.6. The summed E-state index contributed by atoms with van der Waals surface area (Å²) in [4.78, 5) is 17.4. The molecule has 0 aromatic rings. The monoisotopic (exact) mass is 428 g/mol. The fourth-order valence-corrected chi connectivity index (χ4v) is 1.86. The number of nitrogens with zero attached hydrogens (tertiary/aromatic N) is 2. The van der Waals surface area contributed by atoms with Gasteiger partial charge in [0.1, 0.15) is 6.54 Å². The van der Waals surface area contributed by atoms with Crippen molar-refractivity contribution in [2.24, 2.45) is 4.99 Å². The van der Waals surface area contributed by atoms with Crippen molar-refractivity contribution >= 4 is 35.8 Å². The van der Waals surface area contributed by atoms with Crippen LogP contribution in [0, 0.1) is 0 Å². The Morgan fingerprint density at radius 2 is 2.18 bits per heavy atom. The molecule has 0 aliphatic carbocycles. The van der Waals surface area contributed by atoms with E-state index in [1.54, 1.807) is 14.1 Å². The second kappa shape index (κ2) is 12.9. The summed E-state index contributed by atoms with van der Waals surface area (Å²) in [6.45, 7) is 5.58. The first kappa shape index (κ1) is 21.4. The Morgan fingerprint density at radius 3 is 2.77 bits per heavy atom. The van der Waals surface area contributed by atoms with E-state index in [-0.39, 0.29) is 42.5 Å². The number of hydrogen-bond acceptors (Lipinski definition) is 4. The summed E-state index contributed by atoms with van der Waals surface area (Å²) in [5.74, 6) is 0.596. The van der Waals surface area contributed by atoms with Gasteiger partial charge >= 0.3 is 0 Å². The minimum atomic E-state index is -0.0296. The summed E-state index contributed by atoms with van der Waals surface area (Å²) in [6, 6.07) is 0. The van der Waals surface area contributed by atoms with Crippen molar-refractivity contribution in [2.45, 2.75) is 25.9 Å². The van der Waals surface area contributed by atoms with Gasteiger partial charge in [0, 0.05) is 40.4 Å². The number of amides is 1. The molecule has 1 aliphatic heterocycles. The molecule has 1 saturated heterocycles. The standard InChI is InChI=1S/C14H28N4O3.HI/c1-4-20-9-7-15-14(17-11-13(19)18(2)3)16-10-12-6-5-8-21-12;/h12H,4-11H2,1-3H3,(H2,15,16,17);1H. The van der Waals surface area contributed by atoms with E-state index in [0.29, 0.717) is 32.3 Å². The van der Waals surface area contributed by atoms with Gasteiger partial charge in [0.05, 0.1) is 12.7 Å². The average Bonchev–Trinajstić information content (AvgIpc) is 2.98. The third-order valence-corrected chi connectivity index (χ3v) is 3.14. The Kier molecular flexibility index (Phi) is 12.5. The highest BCUT2D eigenvalue weighted by atomic mass is 127. The van der Waals surface area contributed by atoms with Crippen LogP contribution >= 0.6 is 24.0 Å². The van der Waals surface area contributed by atoms with Crippen molar-refractivity contribution in [1.29, 1.82) is 0 Å². The lowest BCUT2D eigenvalue weighted by molar-refractivity contribution is -0.127. The lowest BCUT2D eigenvalue weighted by atomic mass is 10.2. The zero-order valence-corrected chi connectivity index (χ0v) is 16.1. The highest BCUT2D eigenvalue weighted by Crippen LogP contribution is 2.10. The van der Waals surface area contributed by atoms with Crippen LogP contribution in [0.4, 0.5) is 0 Å². The maximum absolute atomic E-state index is 11.6. The largest absolute Gasteiger partial charge is 0.380 e. The van der Waals surface area contributed by atoms with Crippen LogP contribution in [-0.2, 0) is 14.3 Å². The molecule has 0 aromatic heterocycles. The molecule has 1 heterocycles. The fraction of sp³-hybridized carbons (Fsp3) is 0.857. The van der Waals surface area contributed by atoms with Crippen molar-refractivity contribution in [3.05, 3.63) is 0 Å². The molecule has 7 nitrogen and oxygen atoms in total. The summed E-state index contributed by atoms with van der Waals surface area (Å²) in [5, 5.41) is 6.38. The predicted octanol–water partition coefficient (Wildman–Crippen LogP) is 0.443. The summed E-state index contributed by atoms with van der Waals surface area (Å²) in [6.07, 6.45) is 2.40. The Labute approximate surface area is 150 Å². The minimum Gasteiger partial charge on any atom is -0.380 e. The SMILES string of the molecule is CCOCCNC(=NCC(=O)N(C)C)NCC1CCCO1.I. The second-order valence-corrected chi connectivity index (χ2v) is 5.09. The predicted molar refractivity (Wildman–Crippen MR) is 97.9 cm³/mol. The van der Waals surface area contributed by atoms with E-state index in [0.717, 1.165) is 19.4 Å². The van der Waals surface area contributed by atoms with E-state index >= 15 is 0 Å². The number of guanidine groups is 1. The smallest absolute Gasteiger partial charge is 0.243 e. The quantitative estimate of drug-likeness (QED) is 0.254. The Bertz CT molecular complexity index is 334. The number of aliphatic imine (C=N–C) groups is 1. The molecule has 1 amide bonds. The first-order valence-corrected chi connectivity index (χ1v) is 7.55. The number of ether oxygens (including phenoxy) is 2. The molecule has 22 heavy (non-hydrogen) atoms. The van der Waals surface area contributed by atoms with Crippen LogP contribution in [0.5, 0.6) is 0 Å². The maximum Gasteiger partial charge on any atom is 0.243 e. The van der Waals surface area contributed by atoms with Gasteiger partial charge in [-0.2, -0.15) is 0 Å². The van der Waals surface area contributed by atoms with E-state index in [1.807, 2.05) is 6.92 Å². The summed E-state index contributed by atoms with van der Waals surface area (Å²) in [5.41, 5.74) is 0. The molecule has 0 spiro atoms. The van der Waals surface area contributed by atoms with Crippen molar-refractivity contribution < 1.29 is 14.3 Å². The Hall–Kier alpha value is -0.610.